The maximum absolute atomic E-state index is 11.2. The number of ether oxygens (including phenoxy) is 1. The van der Waals surface area contributed by atoms with E-state index >= 15 is 0 Å². The van der Waals surface area contributed by atoms with Crippen molar-refractivity contribution in [3.63, 3.8) is 0 Å². The van der Waals surface area contributed by atoms with Crippen LogP contribution in [-0.4, -0.2) is 44.1 Å². The number of carbonyl (C=O) groups is 3. The number of nitrogens with one attached hydrogen (secondary N) is 3. The zero-order valence-corrected chi connectivity index (χ0v) is 12.3. The maximum atomic E-state index is 11.2. The summed E-state index contributed by atoms with van der Waals surface area (Å²) in [4.78, 5) is 32.4. The largest absolute Gasteiger partial charge is 0.448 e. The van der Waals surface area contributed by atoms with Gasteiger partial charge in [-0.1, -0.05) is 12.8 Å². The number of hydrogen-bond donors (Lipinski definition) is 3. The van der Waals surface area contributed by atoms with Gasteiger partial charge in [0.25, 0.3) is 0 Å². The third-order valence-electron chi connectivity index (χ3n) is 2.46. The summed E-state index contributed by atoms with van der Waals surface area (Å²) < 4.78 is 4.85. The van der Waals surface area contributed by atoms with Crippen molar-refractivity contribution in [1.82, 2.24) is 16.0 Å². The van der Waals surface area contributed by atoms with Gasteiger partial charge in [-0.15, -0.1) is 0 Å². The van der Waals surface area contributed by atoms with Gasteiger partial charge in [0.2, 0.25) is 11.8 Å². The Morgan fingerprint density at radius 3 is 1.80 bits per heavy atom. The van der Waals surface area contributed by atoms with Gasteiger partial charge in [-0.2, -0.15) is 0 Å². The first-order valence-corrected chi connectivity index (χ1v) is 6.92. The summed E-state index contributed by atoms with van der Waals surface area (Å²) in [6.07, 6.45) is 3.36. The van der Waals surface area contributed by atoms with E-state index in [0.29, 0.717) is 19.6 Å². The lowest BCUT2D eigenvalue weighted by molar-refractivity contribution is -0.119. The van der Waals surface area contributed by atoms with E-state index in [-0.39, 0.29) is 18.4 Å². The zero-order chi connectivity index (χ0) is 15.2. The van der Waals surface area contributed by atoms with Crippen LogP contribution < -0.4 is 16.0 Å². The van der Waals surface area contributed by atoms with Crippen LogP contribution in [0, 0.1) is 0 Å². The highest BCUT2D eigenvalue weighted by Gasteiger charge is 2.00. The minimum atomic E-state index is -0.464. The Balaban J connectivity index is 3.23. The molecule has 0 aliphatic rings. The minimum absolute atomic E-state index is 0.00586. The summed E-state index contributed by atoms with van der Waals surface area (Å²) in [5.74, 6) is -0.151. The fraction of sp³-hybridized carbons (Fsp3) is 0.769. The molecule has 0 aromatic heterocycles. The molecule has 0 fully saturated rings. The molecule has 0 heterocycles. The predicted octanol–water partition coefficient (Wildman–Crippen LogP) is 0.545. The van der Waals surface area contributed by atoms with Crippen LogP contribution in [0.4, 0.5) is 4.79 Å². The van der Waals surface area contributed by atoms with E-state index in [1.54, 1.807) is 0 Å². The molecule has 0 aliphatic heterocycles. The quantitative estimate of drug-likeness (QED) is 0.511. The number of alkyl carbamates (subject to hydrolysis) is 1. The molecule has 0 spiro atoms. The first-order chi connectivity index (χ1) is 9.52. The Kier molecular flexibility index (Phi) is 11.2. The molecule has 116 valence electrons. The van der Waals surface area contributed by atoms with Crippen LogP contribution in [0.2, 0.25) is 0 Å². The summed E-state index contributed by atoms with van der Waals surface area (Å²) in [6, 6.07) is 0. The molecule has 0 aliphatic carbocycles. The van der Waals surface area contributed by atoms with Gasteiger partial charge in [0.15, 0.2) is 0 Å². The fourth-order valence-electron chi connectivity index (χ4n) is 1.48. The average Bonchev–Trinajstić information content (AvgIpc) is 2.37. The number of hydrogen-bond acceptors (Lipinski definition) is 4. The second-order valence-corrected chi connectivity index (χ2v) is 4.44. The average molecular weight is 287 g/mol. The second kappa shape index (κ2) is 12.3. The molecule has 0 radical (unpaired) electrons. The zero-order valence-electron chi connectivity index (χ0n) is 12.3. The van der Waals surface area contributed by atoms with E-state index in [1.165, 1.54) is 13.8 Å². The Morgan fingerprint density at radius 2 is 1.25 bits per heavy atom. The Morgan fingerprint density at radius 1 is 0.750 bits per heavy atom. The van der Waals surface area contributed by atoms with Crippen LogP contribution in [0.5, 0.6) is 0 Å². The third kappa shape index (κ3) is 14.3. The summed E-state index contributed by atoms with van der Waals surface area (Å²) >= 11 is 0. The van der Waals surface area contributed by atoms with E-state index < -0.39 is 6.09 Å². The van der Waals surface area contributed by atoms with Crippen molar-refractivity contribution < 1.29 is 19.1 Å². The molecule has 7 nitrogen and oxygen atoms in total. The highest BCUT2D eigenvalue weighted by Crippen LogP contribution is 1.97. The Hall–Kier alpha value is -1.79. The topological polar surface area (TPSA) is 96.5 Å². The molecule has 0 saturated heterocycles. The van der Waals surface area contributed by atoms with Crippen molar-refractivity contribution in [3.8, 4) is 0 Å². The molecule has 0 atom stereocenters. The molecular formula is C13H25N3O4. The smallest absolute Gasteiger partial charge is 0.407 e. The van der Waals surface area contributed by atoms with Gasteiger partial charge in [0, 0.05) is 26.9 Å². The fourth-order valence-corrected chi connectivity index (χ4v) is 1.48. The number of rotatable bonds is 10. The van der Waals surface area contributed by atoms with Gasteiger partial charge < -0.3 is 20.7 Å². The lowest BCUT2D eigenvalue weighted by atomic mass is 10.2. The summed E-state index contributed by atoms with van der Waals surface area (Å²) in [7, 11) is 0. The monoisotopic (exact) mass is 287 g/mol. The van der Waals surface area contributed by atoms with Crippen molar-refractivity contribution in [2.45, 2.75) is 39.5 Å². The highest BCUT2D eigenvalue weighted by molar-refractivity contribution is 5.73. The van der Waals surface area contributed by atoms with Crippen LogP contribution in [0.1, 0.15) is 39.5 Å². The molecule has 7 heteroatoms. The minimum Gasteiger partial charge on any atom is -0.448 e. The van der Waals surface area contributed by atoms with Crippen molar-refractivity contribution >= 4 is 17.9 Å². The van der Waals surface area contributed by atoms with Crippen LogP contribution in [0.25, 0.3) is 0 Å². The first kappa shape index (κ1) is 18.2. The van der Waals surface area contributed by atoms with Crippen LogP contribution in [0.15, 0.2) is 0 Å². The van der Waals surface area contributed by atoms with Gasteiger partial charge in [-0.3, -0.25) is 9.59 Å². The van der Waals surface area contributed by atoms with Gasteiger partial charge in [0.1, 0.15) is 6.61 Å². The van der Waals surface area contributed by atoms with Gasteiger partial charge >= 0.3 is 6.09 Å². The van der Waals surface area contributed by atoms with Crippen molar-refractivity contribution in [2.75, 3.05) is 26.2 Å². The van der Waals surface area contributed by atoms with Crippen LogP contribution >= 0.6 is 0 Å². The number of unbranched alkanes of at least 4 members (excludes halogenated alkanes) is 3. The molecule has 0 rings (SSSR count). The molecule has 0 saturated carbocycles. The van der Waals surface area contributed by atoms with E-state index in [4.69, 9.17) is 4.74 Å². The standard InChI is InChI=1S/C13H25N3O4/c1-11(17)14-7-5-3-4-6-8-16-13(19)20-10-9-15-12(2)18/h3-10H2,1-2H3,(H,14,17)(H,15,18)(H,16,19). The number of carbonyl (C=O) groups excluding carboxylic acids is 3. The van der Waals surface area contributed by atoms with Crippen LogP contribution in [0.3, 0.4) is 0 Å². The van der Waals surface area contributed by atoms with E-state index in [2.05, 4.69) is 16.0 Å². The lowest BCUT2D eigenvalue weighted by Crippen LogP contribution is -2.30. The molecule has 0 unspecified atom stereocenters. The lowest BCUT2D eigenvalue weighted by Gasteiger charge is -2.07. The summed E-state index contributed by atoms with van der Waals surface area (Å²) in [5, 5.41) is 7.90. The van der Waals surface area contributed by atoms with Gasteiger partial charge in [-0.05, 0) is 12.8 Å². The van der Waals surface area contributed by atoms with Crippen LogP contribution in [-0.2, 0) is 14.3 Å². The van der Waals surface area contributed by atoms with E-state index in [1.807, 2.05) is 0 Å². The Labute approximate surface area is 119 Å². The maximum Gasteiger partial charge on any atom is 0.407 e. The molecule has 0 bridgehead atoms. The third-order valence-corrected chi connectivity index (χ3v) is 2.46. The van der Waals surface area contributed by atoms with Crippen molar-refractivity contribution in [2.24, 2.45) is 0 Å². The molecule has 20 heavy (non-hydrogen) atoms. The van der Waals surface area contributed by atoms with E-state index in [9.17, 15) is 14.4 Å². The molecule has 0 aromatic carbocycles. The SMILES string of the molecule is CC(=O)NCCCCCCNC(=O)OCCNC(C)=O. The highest BCUT2D eigenvalue weighted by atomic mass is 16.5. The first-order valence-electron chi connectivity index (χ1n) is 6.92. The molecule has 3 N–H and O–H groups in total. The van der Waals surface area contributed by atoms with E-state index in [0.717, 1.165) is 25.7 Å². The Bertz CT molecular complexity index is 308. The molecule has 3 amide bonds. The molecular weight excluding hydrogens is 262 g/mol. The predicted molar refractivity (Wildman–Crippen MR) is 75.2 cm³/mol. The van der Waals surface area contributed by atoms with Crippen molar-refractivity contribution in [3.05, 3.63) is 0 Å². The molecule has 0 aromatic rings. The normalized spacial score (nSPS) is 9.70. The summed E-state index contributed by atoms with van der Waals surface area (Å²) in [5.41, 5.74) is 0. The van der Waals surface area contributed by atoms with Gasteiger partial charge in [-0.25, -0.2) is 4.79 Å². The van der Waals surface area contributed by atoms with Gasteiger partial charge in [0.05, 0.1) is 6.54 Å². The number of amides is 3. The van der Waals surface area contributed by atoms with Crippen molar-refractivity contribution in [1.29, 1.82) is 0 Å². The second-order valence-electron chi connectivity index (χ2n) is 4.44. The summed E-state index contributed by atoms with van der Waals surface area (Å²) in [6.45, 7) is 4.68.